The zero-order chi connectivity index (χ0) is 18.1. The summed E-state index contributed by atoms with van der Waals surface area (Å²) in [5.41, 5.74) is 11.7. The summed E-state index contributed by atoms with van der Waals surface area (Å²) in [6, 6.07) is 14.0. The number of aliphatic hydroxyl groups is 1. The molecule has 0 aliphatic rings. The van der Waals surface area contributed by atoms with Gasteiger partial charge in [0.25, 0.3) is 0 Å². The molecule has 0 saturated carbocycles. The van der Waals surface area contributed by atoms with Crippen molar-refractivity contribution in [3.8, 4) is 11.1 Å². The number of nitrogens with two attached hydrogens (primary N) is 1. The average Bonchev–Trinajstić information content (AvgIpc) is 3.30. The molecule has 2 aromatic carbocycles. The van der Waals surface area contributed by atoms with Gasteiger partial charge in [-0.15, -0.1) is 0 Å². The van der Waals surface area contributed by atoms with Crippen LogP contribution in [-0.2, 0) is 13.2 Å². The monoisotopic (exact) mass is 362 g/mol. The second-order valence-electron chi connectivity index (χ2n) is 6.20. The first kappa shape index (κ1) is 16.5. The van der Waals surface area contributed by atoms with Crippen molar-refractivity contribution in [3.05, 3.63) is 78.0 Å². The van der Waals surface area contributed by atoms with E-state index < -0.39 is 0 Å². The topological polar surface area (TPSA) is 79.9 Å². The molecule has 0 radical (unpaired) electrons. The second-order valence-corrected chi connectivity index (χ2v) is 6.64. The minimum Gasteiger partial charge on any atom is -0.392 e. The van der Waals surface area contributed by atoms with Crippen LogP contribution in [0.3, 0.4) is 0 Å². The molecule has 0 aliphatic heterocycles. The Balaban J connectivity index is 1.89. The summed E-state index contributed by atoms with van der Waals surface area (Å²) in [6.07, 6.45) is 5.60. The highest BCUT2D eigenvalue weighted by atomic mass is 32.1. The number of imidazole rings is 1. The number of aromatic nitrogens is 3. The maximum atomic E-state index is 9.51. The van der Waals surface area contributed by atoms with E-state index in [1.165, 1.54) is 0 Å². The average molecular weight is 362 g/mol. The molecule has 26 heavy (non-hydrogen) atoms. The number of H-pyrrole nitrogens is 1. The summed E-state index contributed by atoms with van der Waals surface area (Å²) >= 11 is 5.12. The lowest BCUT2D eigenvalue weighted by Gasteiger charge is -2.04. The Morgan fingerprint density at radius 3 is 2.85 bits per heavy atom. The van der Waals surface area contributed by atoms with Crippen molar-refractivity contribution < 1.29 is 5.11 Å². The highest BCUT2D eigenvalue weighted by Gasteiger charge is 2.12. The lowest BCUT2D eigenvalue weighted by atomic mass is 10.0. The number of benzene rings is 2. The minimum absolute atomic E-state index is 0.0113. The Labute approximate surface area is 156 Å². The molecule has 5 nitrogen and oxygen atoms in total. The highest BCUT2D eigenvalue weighted by Crippen LogP contribution is 2.32. The third-order valence-corrected chi connectivity index (χ3v) is 4.72. The predicted molar refractivity (Wildman–Crippen MR) is 107 cm³/mol. The Morgan fingerprint density at radius 1 is 1.23 bits per heavy atom. The number of hydrogen-bond acceptors (Lipinski definition) is 3. The lowest BCUT2D eigenvalue weighted by Crippen LogP contribution is -2.08. The number of hydrogen-bond donors (Lipinski definition) is 3. The number of nitrogens with one attached hydrogen (secondary N) is 1. The Bertz CT molecular complexity index is 1080. The fourth-order valence-corrected chi connectivity index (χ4v) is 3.32. The van der Waals surface area contributed by atoms with E-state index in [9.17, 15) is 5.11 Å². The number of rotatable bonds is 5. The zero-order valence-electron chi connectivity index (χ0n) is 14.0. The van der Waals surface area contributed by atoms with Crippen LogP contribution in [0.25, 0.3) is 22.0 Å². The van der Waals surface area contributed by atoms with Gasteiger partial charge in [0.1, 0.15) is 4.99 Å². The van der Waals surface area contributed by atoms with Crippen molar-refractivity contribution in [3.63, 3.8) is 0 Å². The molecule has 4 N–H and O–H groups in total. The fourth-order valence-electron chi connectivity index (χ4n) is 3.19. The normalized spacial score (nSPS) is 11.1. The highest BCUT2D eigenvalue weighted by molar-refractivity contribution is 7.80. The van der Waals surface area contributed by atoms with E-state index in [1.807, 2.05) is 42.6 Å². The van der Waals surface area contributed by atoms with Gasteiger partial charge >= 0.3 is 0 Å². The van der Waals surface area contributed by atoms with Gasteiger partial charge in [0.05, 0.1) is 25.2 Å². The number of aliphatic hydroxyl groups excluding tert-OH is 1. The van der Waals surface area contributed by atoms with Gasteiger partial charge in [-0.1, -0.05) is 42.5 Å². The minimum atomic E-state index is 0.0113. The first-order valence-electron chi connectivity index (χ1n) is 8.26. The van der Waals surface area contributed by atoms with Crippen molar-refractivity contribution in [1.29, 1.82) is 0 Å². The van der Waals surface area contributed by atoms with Gasteiger partial charge in [0.2, 0.25) is 0 Å². The van der Waals surface area contributed by atoms with Crippen LogP contribution in [0, 0.1) is 0 Å². The van der Waals surface area contributed by atoms with E-state index in [-0.39, 0.29) is 6.61 Å². The van der Waals surface area contributed by atoms with Gasteiger partial charge < -0.3 is 20.4 Å². The summed E-state index contributed by atoms with van der Waals surface area (Å²) in [5, 5.41) is 10.6. The van der Waals surface area contributed by atoms with Crippen LogP contribution >= 0.6 is 12.2 Å². The van der Waals surface area contributed by atoms with E-state index in [0.717, 1.165) is 38.9 Å². The number of nitrogens with zero attached hydrogens (tertiary/aromatic N) is 2. The van der Waals surface area contributed by atoms with E-state index in [2.05, 4.69) is 26.8 Å². The van der Waals surface area contributed by atoms with Gasteiger partial charge in [0, 0.05) is 34.4 Å². The van der Waals surface area contributed by atoms with Crippen LogP contribution < -0.4 is 5.73 Å². The first-order valence-corrected chi connectivity index (χ1v) is 8.66. The van der Waals surface area contributed by atoms with Crippen LogP contribution in [-0.4, -0.2) is 24.6 Å². The Kier molecular flexibility index (Phi) is 4.28. The van der Waals surface area contributed by atoms with Crippen molar-refractivity contribution in [2.45, 2.75) is 13.2 Å². The molecule has 0 fully saturated rings. The van der Waals surface area contributed by atoms with Crippen LogP contribution in [0.2, 0.25) is 0 Å². The van der Waals surface area contributed by atoms with Crippen molar-refractivity contribution in [1.82, 2.24) is 14.5 Å². The standard InChI is InChI=1S/C20H18N4OS/c21-20(26)15-3-1-2-14(7-15)18-10-24(9-16-8-22-12-23-16)19-6-13(11-25)4-5-17(18)19/h1-8,10,12,25H,9,11H2,(H2,21,26)(H,22,23). The van der Waals surface area contributed by atoms with E-state index in [1.54, 1.807) is 6.33 Å². The second kappa shape index (κ2) is 6.74. The summed E-state index contributed by atoms with van der Waals surface area (Å²) in [6.45, 7) is 0.678. The predicted octanol–water partition coefficient (Wildman–Crippen LogP) is 3.21. The third kappa shape index (κ3) is 3.00. The quantitative estimate of drug-likeness (QED) is 0.476. The van der Waals surface area contributed by atoms with Gasteiger partial charge in [0.15, 0.2) is 0 Å². The zero-order valence-corrected chi connectivity index (χ0v) is 14.8. The molecule has 2 aromatic heterocycles. The molecule has 130 valence electrons. The number of fused-ring (bicyclic) bond motifs is 1. The van der Waals surface area contributed by atoms with Gasteiger partial charge in [-0.3, -0.25) is 0 Å². The number of aromatic amines is 1. The molecule has 2 heterocycles. The molecule has 0 unspecified atom stereocenters. The van der Waals surface area contributed by atoms with E-state index in [4.69, 9.17) is 18.0 Å². The molecule has 0 bridgehead atoms. The van der Waals surface area contributed by atoms with Gasteiger partial charge in [-0.2, -0.15) is 0 Å². The largest absolute Gasteiger partial charge is 0.392 e. The van der Waals surface area contributed by atoms with Crippen molar-refractivity contribution in [2.24, 2.45) is 5.73 Å². The van der Waals surface area contributed by atoms with Gasteiger partial charge in [-0.05, 0) is 23.3 Å². The van der Waals surface area contributed by atoms with E-state index in [0.29, 0.717) is 11.5 Å². The maximum Gasteiger partial charge on any atom is 0.104 e. The van der Waals surface area contributed by atoms with Crippen LogP contribution in [0.5, 0.6) is 0 Å². The van der Waals surface area contributed by atoms with Gasteiger partial charge in [-0.25, -0.2) is 4.98 Å². The molecule has 0 saturated heterocycles. The molecule has 4 aromatic rings. The summed E-state index contributed by atoms with van der Waals surface area (Å²) in [5.74, 6) is 0. The Hall–Kier alpha value is -2.96. The molecule has 0 aliphatic carbocycles. The molecule has 4 rings (SSSR count). The van der Waals surface area contributed by atoms with E-state index >= 15 is 0 Å². The smallest absolute Gasteiger partial charge is 0.104 e. The molecule has 0 atom stereocenters. The summed E-state index contributed by atoms with van der Waals surface area (Å²) in [7, 11) is 0. The first-order chi connectivity index (χ1) is 12.7. The SMILES string of the molecule is NC(=S)c1cccc(-c2cn(Cc3cnc[nH]3)c3cc(CO)ccc23)c1. The third-order valence-electron chi connectivity index (χ3n) is 4.48. The van der Waals surface area contributed by atoms with Crippen LogP contribution in [0.1, 0.15) is 16.8 Å². The molecule has 6 heteroatoms. The maximum absolute atomic E-state index is 9.51. The summed E-state index contributed by atoms with van der Waals surface area (Å²) < 4.78 is 2.16. The van der Waals surface area contributed by atoms with Crippen molar-refractivity contribution in [2.75, 3.05) is 0 Å². The Morgan fingerprint density at radius 2 is 2.12 bits per heavy atom. The molecular formula is C20H18N4OS. The van der Waals surface area contributed by atoms with Crippen LogP contribution in [0.4, 0.5) is 0 Å². The van der Waals surface area contributed by atoms with Crippen molar-refractivity contribution >= 4 is 28.1 Å². The fraction of sp³-hybridized carbons (Fsp3) is 0.100. The molecular weight excluding hydrogens is 344 g/mol. The van der Waals surface area contributed by atoms with Crippen LogP contribution in [0.15, 0.2) is 61.2 Å². The summed E-state index contributed by atoms with van der Waals surface area (Å²) in [4.78, 5) is 7.61. The molecule has 0 amide bonds. The molecule has 0 spiro atoms. The number of thiocarbonyl (C=S) groups is 1. The lowest BCUT2D eigenvalue weighted by molar-refractivity contribution is 0.282.